The van der Waals surface area contributed by atoms with E-state index in [1.165, 1.54) is 0 Å². The topological polar surface area (TPSA) is 58.0 Å². The molecule has 0 fully saturated rings. The summed E-state index contributed by atoms with van der Waals surface area (Å²) in [6, 6.07) is 0. The predicted octanol–water partition coefficient (Wildman–Crippen LogP) is -0.542. The molecule has 1 aliphatic heterocycles. The number of rotatable bonds is 0. The zero-order chi connectivity index (χ0) is 6.97. The number of nitrogens with one attached hydrogen (secondary N) is 2. The third-order valence-corrected chi connectivity index (χ3v) is 1.71. The Balaban J connectivity index is 0. The standard InChI is InChI=1S/C6H8N2O2.Mg.2H/c9-6-4-1-2-7-3-5(4)10-8-6;;;/h7H,1-3H2,(H,8,9);;;/q;+2;2*-1. The monoisotopic (exact) mass is 166 g/mol. The number of H-pyrrole nitrogens is 1. The Labute approximate surface area is 82.4 Å². The van der Waals surface area contributed by atoms with E-state index in [2.05, 4.69) is 10.5 Å². The van der Waals surface area contributed by atoms with Crippen LogP contribution >= 0.6 is 0 Å². The summed E-state index contributed by atoms with van der Waals surface area (Å²) in [7, 11) is 0. The molecular formula is C6H10MgN2O2. The first-order chi connectivity index (χ1) is 4.88. The fourth-order valence-corrected chi connectivity index (χ4v) is 1.17. The summed E-state index contributed by atoms with van der Waals surface area (Å²) in [5.74, 6) is 0.760. The summed E-state index contributed by atoms with van der Waals surface area (Å²) in [5, 5.41) is 5.41. The zero-order valence-electron chi connectivity index (χ0n) is 8.14. The Hall–Kier alpha value is -0.264. The van der Waals surface area contributed by atoms with E-state index in [-0.39, 0.29) is 31.5 Å². The van der Waals surface area contributed by atoms with Crippen molar-refractivity contribution < 1.29 is 7.38 Å². The molecule has 0 saturated heterocycles. The second kappa shape index (κ2) is 3.42. The fourth-order valence-electron chi connectivity index (χ4n) is 1.17. The Kier molecular flexibility index (Phi) is 2.75. The maximum Gasteiger partial charge on any atom is 2.00 e. The number of aromatic nitrogens is 1. The molecule has 0 unspecified atom stereocenters. The molecule has 0 amide bonds. The van der Waals surface area contributed by atoms with Gasteiger partial charge in [-0.2, -0.15) is 5.16 Å². The normalized spacial score (nSPS) is 15.3. The number of hydrogen-bond donors (Lipinski definition) is 2. The van der Waals surface area contributed by atoms with E-state index in [1.807, 2.05) is 0 Å². The molecule has 0 aromatic carbocycles. The van der Waals surface area contributed by atoms with Gasteiger partial charge in [-0.1, -0.05) is 0 Å². The molecule has 0 spiro atoms. The van der Waals surface area contributed by atoms with Gasteiger partial charge in [0.2, 0.25) is 0 Å². The van der Waals surface area contributed by atoms with Gasteiger partial charge in [-0.05, 0) is 13.0 Å². The Morgan fingerprint density at radius 2 is 2.36 bits per heavy atom. The Morgan fingerprint density at radius 1 is 1.55 bits per heavy atom. The first kappa shape index (κ1) is 8.83. The molecule has 0 bridgehead atoms. The van der Waals surface area contributed by atoms with Crippen molar-refractivity contribution in [2.24, 2.45) is 0 Å². The van der Waals surface area contributed by atoms with Crippen LogP contribution in [0, 0.1) is 0 Å². The molecule has 0 saturated carbocycles. The number of fused-ring (bicyclic) bond motifs is 1. The first-order valence-corrected chi connectivity index (χ1v) is 3.28. The molecular weight excluding hydrogens is 156 g/mol. The first-order valence-electron chi connectivity index (χ1n) is 3.28. The van der Waals surface area contributed by atoms with E-state index in [0.717, 1.165) is 24.3 Å². The van der Waals surface area contributed by atoms with Crippen molar-refractivity contribution in [3.63, 3.8) is 0 Å². The average Bonchev–Trinajstić information content (AvgIpc) is 2.34. The average molecular weight is 166 g/mol. The third kappa shape index (κ3) is 1.50. The van der Waals surface area contributed by atoms with Crippen molar-refractivity contribution in [2.75, 3.05) is 6.54 Å². The molecule has 4 nitrogen and oxygen atoms in total. The molecule has 11 heavy (non-hydrogen) atoms. The molecule has 2 rings (SSSR count). The second-order valence-electron chi connectivity index (χ2n) is 2.36. The van der Waals surface area contributed by atoms with E-state index in [0.29, 0.717) is 6.54 Å². The Bertz CT molecular complexity index is 299. The van der Waals surface area contributed by atoms with Crippen LogP contribution in [0.4, 0.5) is 0 Å². The van der Waals surface area contributed by atoms with Crippen molar-refractivity contribution in [3.8, 4) is 0 Å². The van der Waals surface area contributed by atoms with E-state index >= 15 is 0 Å². The summed E-state index contributed by atoms with van der Waals surface area (Å²) in [5.41, 5.74) is 0.732. The van der Waals surface area contributed by atoms with Gasteiger partial charge in [-0.15, -0.1) is 0 Å². The molecule has 0 radical (unpaired) electrons. The molecule has 0 atom stereocenters. The van der Waals surface area contributed by atoms with Crippen LogP contribution in [0.5, 0.6) is 0 Å². The van der Waals surface area contributed by atoms with Gasteiger partial charge in [-0.25, -0.2) is 0 Å². The smallest absolute Gasteiger partial charge is 1.00 e. The van der Waals surface area contributed by atoms with Crippen molar-refractivity contribution >= 4 is 23.1 Å². The molecule has 58 valence electrons. The van der Waals surface area contributed by atoms with Gasteiger partial charge in [0.1, 0.15) is 0 Å². The van der Waals surface area contributed by atoms with E-state index in [9.17, 15) is 4.79 Å². The number of hydrogen-bond acceptors (Lipinski definition) is 3. The van der Waals surface area contributed by atoms with Gasteiger partial charge in [-0.3, -0.25) is 4.79 Å². The molecule has 1 aliphatic rings. The van der Waals surface area contributed by atoms with Gasteiger partial charge in [0, 0.05) is 0 Å². The molecule has 5 heteroatoms. The van der Waals surface area contributed by atoms with Crippen LogP contribution < -0.4 is 10.9 Å². The molecule has 2 N–H and O–H groups in total. The minimum absolute atomic E-state index is 0. The summed E-state index contributed by atoms with van der Waals surface area (Å²) >= 11 is 0. The zero-order valence-corrected chi connectivity index (χ0v) is 7.56. The van der Waals surface area contributed by atoms with Crippen LogP contribution in [-0.2, 0) is 13.0 Å². The van der Waals surface area contributed by atoms with E-state index < -0.39 is 0 Å². The van der Waals surface area contributed by atoms with Crippen LogP contribution in [0.3, 0.4) is 0 Å². The maximum absolute atomic E-state index is 10.9. The van der Waals surface area contributed by atoms with Gasteiger partial charge in [0.15, 0.2) is 5.76 Å². The van der Waals surface area contributed by atoms with Gasteiger partial charge >= 0.3 is 23.1 Å². The molecule has 0 aliphatic carbocycles. The van der Waals surface area contributed by atoms with Gasteiger partial charge in [0.25, 0.3) is 5.56 Å². The third-order valence-electron chi connectivity index (χ3n) is 1.71. The quantitative estimate of drug-likeness (QED) is 0.509. The molecule has 1 aromatic heterocycles. The van der Waals surface area contributed by atoms with Crippen LogP contribution in [0.15, 0.2) is 9.32 Å². The molecule has 1 aromatic rings. The van der Waals surface area contributed by atoms with Gasteiger partial charge < -0.3 is 12.7 Å². The summed E-state index contributed by atoms with van der Waals surface area (Å²) in [6.07, 6.45) is 0.779. The SMILES string of the molecule is O=c1[nH]oc2c1CCNC2.[H-].[H-].[Mg+2]. The maximum atomic E-state index is 10.9. The minimum Gasteiger partial charge on any atom is -1.00 e. The van der Waals surface area contributed by atoms with Crippen molar-refractivity contribution in [1.82, 2.24) is 10.5 Å². The van der Waals surface area contributed by atoms with Gasteiger partial charge in [0.05, 0.1) is 12.1 Å². The fraction of sp³-hybridized carbons (Fsp3) is 0.500. The van der Waals surface area contributed by atoms with Crippen LogP contribution in [0.2, 0.25) is 0 Å². The second-order valence-corrected chi connectivity index (χ2v) is 2.36. The van der Waals surface area contributed by atoms with Crippen LogP contribution in [0.25, 0.3) is 0 Å². The van der Waals surface area contributed by atoms with Crippen molar-refractivity contribution in [1.29, 1.82) is 0 Å². The summed E-state index contributed by atoms with van der Waals surface area (Å²) in [6.45, 7) is 1.55. The molecule has 2 heterocycles. The van der Waals surface area contributed by atoms with Crippen molar-refractivity contribution in [2.45, 2.75) is 13.0 Å². The van der Waals surface area contributed by atoms with Crippen molar-refractivity contribution in [3.05, 3.63) is 21.7 Å². The van der Waals surface area contributed by atoms with E-state index in [4.69, 9.17) is 4.52 Å². The van der Waals surface area contributed by atoms with E-state index in [1.54, 1.807) is 0 Å². The number of aromatic amines is 1. The van der Waals surface area contributed by atoms with Crippen LogP contribution in [0.1, 0.15) is 14.2 Å². The predicted molar refractivity (Wildman–Crippen MR) is 42.7 cm³/mol. The largest absolute Gasteiger partial charge is 2.00 e. The Morgan fingerprint density at radius 3 is 3.09 bits per heavy atom. The minimum atomic E-state index is -0.0727. The summed E-state index contributed by atoms with van der Waals surface area (Å²) in [4.78, 5) is 10.9. The summed E-state index contributed by atoms with van der Waals surface area (Å²) < 4.78 is 4.89. The van der Waals surface area contributed by atoms with Crippen LogP contribution in [-0.4, -0.2) is 34.8 Å².